The molecule has 0 aromatic carbocycles. The van der Waals surface area contributed by atoms with Crippen molar-refractivity contribution in [1.29, 1.82) is 0 Å². The second kappa shape index (κ2) is 6.79. The fraction of sp³-hybridized carbons (Fsp3) is 0.600. The monoisotopic (exact) mass is 340 g/mol. The van der Waals surface area contributed by atoms with Crippen LogP contribution in [0.3, 0.4) is 0 Å². The van der Waals surface area contributed by atoms with E-state index in [1.54, 1.807) is 0 Å². The van der Waals surface area contributed by atoms with Crippen LogP contribution in [0.25, 0.3) is 5.52 Å². The number of imidazole rings is 1. The number of piperidine rings is 1. The molecule has 0 spiro atoms. The Morgan fingerprint density at radius 3 is 2.76 bits per heavy atom. The summed E-state index contributed by atoms with van der Waals surface area (Å²) in [4.78, 5) is 19.9. The lowest BCUT2D eigenvalue weighted by atomic mass is 9.98. The largest absolute Gasteiger partial charge is 0.349 e. The summed E-state index contributed by atoms with van der Waals surface area (Å²) in [6.07, 6.45) is 6.90. The van der Waals surface area contributed by atoms with Gasteiger partial charge in [-0.15, -0.1) is 0 Å². The van der Waals surface area contributed by atoms with Gasteiger partial charge in [-0.05, 0) is 63.7 Å². The first kappa shape index (κ1) is 16.6. The maximum Gasteiger partial charge on any atom is 0.272 e. The van der Waals surface area contributed by atoms with E-state index >= 15 is 0 Å². The number of likely N-dealkylation sites (tertiary alicyclic amines) is 1. The molecule has 1 N–H and O–H groups in total. The smallest absolute Gasteiger partial charge is 0.272 e. The van der Waals surface area contributed by atoms with Gasteiger partial charge in [-0.2, -0.15) is 0 Å². The van der Waals surface area contributed by atoms with Gasteiger partial charge in [0.05, 0.1) is 5.52 Å². The van der Waals surface area contributed by atoms with E-state index in [-0.39, 0.29) is 5.91 Å². The van der Waals surface area contributed by atoms with Crippen LogP contribution in [-0.2, 0) is 0 Å². The molecule has 5 heteroatoms. The van der Waals surface area contributed by atoms with Gasteiger partial charge in [-0.1, -0.05) is 13.0 Å². The molecule has 2 fully saturated rings. The van der Waals surface area contributed by atoms with Gasteiger partial charge in [-0.25, -0.2) is 4.98 Å². The van der Waals surface area contributed by atoms with Crippen molar-refractivity contribution in [2.45, 2.75) is 51.5 Å². The molecule has 1 aliphatic carbocycles. The summed E-state index contributed by atoms with van der Waals surface area (Å²) in [6, 6.07) is 6.33. The van der Waals surface area contributed by atoms with Crippen molar-refractivity contribution in [3.63, 3.8) is 0 Å². The van der Waals surface area contributed by atoms with Gasteiger partial charge in [0.1, 0.15) is 5.82 Å². The minimum atomic E-state index is -0.0483. The second-order valence-electron chi connectivity index (χ2n) is 7.83. The number of carbonyl (C=O) groups excluding carboxylic acids is 1. The predicted octanol–water partition coefficient (Wildman–Crippen LogP) is 3.06. The highest BCUT2D eigenvalue weighted by molar-refractivity contribution is 5.99. The molecule has 134 valence electrons. The maximum absolute atomic E-state index is 12.7. The fourth-order valence-electron chi connectivity index (χ4n) is 3.78. The van der Waals surface area contributed by atoms with Crippen LogP contribution in [0.15, 0.2) is 24.4 Å². The van der Waals surface area contributed by atoms with Crippen molar-refractivity contribution in [2.75, 3.05) is 19.6 Å². The van der Waals surface area contributed by atoms with Gasteiger partial charge in [0.2, 0.25) is 0 Å². The van der Waals surface area contributed by atoms with Crippen LogP contribution in [0, 0.1) is 5.92 Å². The standard InChI is InChI=1S/C20H28N4O/c1-14-8-11-23(12-9-14)15(2)13-21-20(25)18-17-5-3-4-10-24(17)19(22-18)16-6-7-16/h3-5,10,14-16H,6-9,11-13H2,1-2H3,(H,21,25). The van der Waals surface area contributed by atoms with Crippen LogP contribution in [-0.4, -0.2) is 45.9 Å². The molecule has 4 rings (SSSR count). The molecule has 2 aromatic heterocycles. The summed E-state index contributed by atoms with van der Waals surface area (Å²) in [5.41, 5.74) is 1.49. The SMILES string of the molecule is CC1CCN(C(C)CNC(=O)c2nc(C3CC3)n3ccccc23)CC1. The first-order valence-corrected chi connectivity index (χ1v) is 9.62. The molecule has 1 unspecified atom stereocenters. The summed E-state index contributed by atoms with van der Waals surface area (Å²) >= 11 is 0. The van der Waals surface area contributed by atoms with E-state index in [0.717, 1.165) is 30.3 Å². The third-order valence-corrected chi connectivity index (χ3v) is 5.73. The Labute approximate surface area is 149 Å². The number of pyridine rings is 1. The van der Waals surface area contributed by atoms with Crippen LogP contribution >= 0.6 is 0 Å². The molecule has 2 aliphatic rings. The summed E-state index contributed by atoms with van der Waals surface area (Å²) in [7, 11) is 0. The normalized spacial score (nSPS) is 20.7. The van der Waals surface area contributed by atoms with Gasteiger partial charge < -0.3 is 9.72 Å². The minimum Gasteiger partial charge on any atom is -0.349 e. The molecular formula is C20H28N4O. The number of carbonyl (C=O) groups is 1. The first-order chi connectivity index (χ1) is 12.1. The maximum atomic E-state index is 12.7. The van der Waals surface area contributed by atoms with Crippen molar-refractivity contribution in [3.05, 3.63) is 35.9 Å². The van der Waals surface area contributed by atoms with E-state index in [0.29, 0.717) is 24.2 Å². The predicted molar refractivity (Wildman–Crippen MR) is 98.9 cm³/mol. The molecular weight excluding hydrogens is 312 g/mol. The number of nitrogens with one attached hydrogen (secondary N) is 1. The zero-order valence-electron chi connectivity index (χ0n) is 15.2. The number of nitrogens with zero attached hydrogens (tertiary/aromatic N) is 3. The molecule has 2 aromatic rings. The molecule has 3 heterocycles. The summed E-state index contributed by atoms with van der Waals surface area (Å²) < 4.78 is 2.09. The molecule has 1 amide bonds. The average Bonchev–Trinajstić information content (AvgIpc) is 3.40. The fourth-order valence-corrected chi connectivity index (χ4v) is 3.78. The highest BCUT2D eigenvalue weighted by Crippen LogP contribution is 2.39. The second-order valence-corrected chi connectivity index (χ2v) is 7.83. The number of aromatic nitrogens is 2. The lowest BCUT2D eigenvalue weighted by Crippen LogP contribution is -2.45. The zero-order chi connectivity index (χ0) is 17.4. The average molecular weight is 340 g/mol. The molecule has 0 bridgehead atoms. The highest BCUT2D eigenvalue weighted by atomic mass is 16.1. The van der Waals surface area contributed by atoms with Crippen LogP contribution < -0.4 is 5.32 Å². The van der Waals surface area contributed by atoms with Gasteiger partial charge in [0.15, 0.2) is 5.69 Å². The third kappa shape index (κ3) is 3.43. The van der Waals surface area contributed by atoms with Crippen molar-refractivity contribution in [3.8, 4) is 0 Å². The Morgan fingerprint density at radius 1 is 1.28 bits per heavy atom. The number of fused-ring (bicyclic) bond motifs is 1. The summed E-state index contributed by atoms with van der Waals surface area (Å²) in [6.45, 7) is 7.48. The van der Waals surface area contributed by atoms with Crippen LogP contribution in [0.2, 0.25) is 0 Å². The Kier molecular flexibility index (Phi) is 4.50. The van der Waals surface area contributed by atoms with E-state index < -0.39 is 0 Å². The van der Waals surface area contributed by atoms with E-state index in [9.17, 15) is 4.79 Å². The molecule has 1 atom stereocenters. The number of hydrogen-bond acceptors (Lipinski definition) is 3. The topological polar surface area (TPSA) is 49.6 Å². The molecule has 1 saturated heterocycles. The Hall–Kier alpha value is -1.88. The van der Waals surface area contributed by atoms with Crippen LogP contribution in [0.5, 0.6) is 0 Å². The molecule has 1 aliphatic heterocycles. The van der Waals surface area contributed by atoms with E-state index in [1.165, 1.54) is 25.7 Å². The Bertz CT molecular complexity index is 756. The first-order valence-electron chi connectivity index (χ1n) is 9.62. The molecule has 1 saturated carbocycles. The van der Waals surface area contributed by atoms with Crippen molar-refractivity contribution >= 4 is 11.4 Å². The molecule has 25 heavy (non-hydrogen) atoms. The van der Waals surface area contributed by atoms with Gasteiger partial charge in [0.25, 0.3) is 5.91 Å². The van der Waals surface area contributed by atoms with Gasteiger partial charge in [-0.3, -0.25) is 9.69 Å². The molecule has 0 radical (unpaired) electrons. The van der Waals surface area contributed by atoms with Crippen molar-refractivity contribution in [2.24, 2.45) is 5.92 Å². The number of hydrogen-bond donors (Lipinski definition) is 1. The minimum absolute atomic E-state index is 0.0483. The van der Waals surface area contributed by atoms with E-state index in [2.05, 4.69) is 33.4 Å². The Morgan fingerprint density at radius 2 is 2.04 bits per heavy atom. The van der Waals surface area contributed by atoms with Crippen LogP contribution in [0.1, 0.15) is 61.8 Å². The van der Waals surface area contributed by atoms with E-state index in [4.69, 9.17) is 0 Å². The van der Waals surface area contributed by atoms with E-state index in [1.807, 2.05) is 24.4 Å². The Balaban J connectivity index is 1.44. The third-order valence-electron chi connectivity index (χ3n) is 5.73. The zero-order valence-corrected chi connectivity index (χ0v) is 15.2. The summed E-state index contributed by atoms with van der Waals surface area (Å²) in [5.74, 6) is 2.34. The van der Waals surface area contributed by atoms with Crippen LogP contribution in [0.4, 0.5) is 0 Å². The lowest BCUT2D eigenvalue weighted by Gasteiger charge is -2.34. The van der Waals surface area contributed by atoms with Crippen molar-refractivity contribution in [1.82, 2.24) is 19.6 Å². The summed E-state index contributed by atoms with van der Waals surface area (Å²) in [5, 5.41) is 3.12. The quantitative estimate of drug-likeness (QED) is 0.910. The van der Waals surface area contributed by atoms with Crippen molar-refractivity contribution < 1.29 is 4.79 Å². The number of amides is 1. The molecule has 5 nitrogen and oxygen atoms in total. The van der Waals surface area contributed by atoms with Gasteiger partial charge in [0, 0.05) is 24.7 Å². The van der Waals surface area contributed by atoms with Gasteiger partial charge >= 0.3 is 0 Å². The highest BCUT2D eigenvalue weighted by Gasteiger charge is 2.30. The lowest BCUT2D eigenvalue weighted by molar-refractivity contribution is 0.0919. The number of rotatable bonds is 5.